The summed E-state index contributed by atoms with van der Waals surface area (Å²) in [6.07, 6.45) is 1.53. The highest BCUT2D eigenvalue weighted by molar-refractivity contribution is 5.74. The number of aliphatic hydroxyl groups excluding tert-OH is 1. The van der Waals surface area contributed by atoms with E-state index in [1.54, 1.807) is 0 Å². The van der Waals surface area contributed by atoms with Gasteiger partial charge in [-0.3, -0.25) is 0 Å². The minimum Gasteiger partial charge on any atom is -0.394 e. The van der Waals surface area contributed by atoms with E-state index in [2.05, 4.69) is 35.8 Å². The molecular formula is C14H22N2O2. The van der Waals surface area contributed by atoms with E-state index in [-0.39, 0.29) is 18.7 Å². The number of rotatable bonds is 6. The lowest BCUT2D eigenvalue weighted by atomic mass is 10.1. The standard InChI is InChI=1S/C14H22N2O2/c1-3-13(10-17)16-14(18)15-8-7-12-6-4-5-11(2)9-12/h4-6,9,13,17H,3,7-8,10H2,1-2H3,(H2,15,16,18). The Balaban J connectivity index is 2.27. The number of nitrogens with one attached hydrogen (secondary N) is 2. The predicted molar refractivity (Wildman–Crippen MR) is 72.6 cm³/mol. The van der Waals surface area contributed by atoms with Gasteiger partial charge in [0.05, 0.1) is 12.6 Å². The Kier molecular flexibility index (Phi) is 6.22. The normalized spacial score (nSPS) is 11.9. The number of hydrogen-bond acceptors (Lipinski definition) is 2. The first-order valence-electron chi connectivity index (χ1n) is 6.36. The van der Waals surface area contributed by atoms with Crippen LogP contribution in [0.2, 0.25) is 0 Å². The zero-order valence-corrected chi connectivity index (χ0v) is 11.1. The zero-order valence-electron chi connectivity index (χ0n) is 11.1. The molecule has 0 aliphatic carbocycles. The molecule has 1 aromatic rings. The monoisotopic (exact) mass is 250 g/mol. The first-order valence-corrected chi connectivity index (χ1v) is 6.36. The Labute approximate surface area is 108 Å². The van der Waals surface area contributed by atoms with Crippen LogP contribution in [0.3, 0.4) is 0 Å². The molecule has 4 heteroatoms. The largest absolute Gasteiger partial charge is 0.394 e. The van der Waals surface area contributed by atoms with Gasteiger partial charge in [-0.2, -0.15) is 0 Å². The van der Waals surface area contributed by atoms with Crippen molar-refractivity contribution in [1.29, 1.82) is 0 Å². The second kappa shape index (κ2) is 7.71. The predicted octanol–water partition coefficient (Wildman–Crippen LogP) is 1.61. The van der Waals surface area contributed by atoms with Crippen molar-refractivity contribution in [2.45, 2.75) is 32.7 Å². The van der Waals surface area contributed by atoms with Crippen molar-refractivity contribution in [3.63, 3.8) is 0 Å². The molecule has 1 rings (SSSR count). The van der Waals surface area contributed by atoms with Crippen molar-refractivity contribution in [1.82, 2.24) is 10.6 Å². The number of amides is 2. The van der Waals surface area contributed by atoms with Crippen LogP contribution in [0.15, 0.2) is 24.3 Å². The summed E-state index contributed by atoms with van der Waals surface area (Å²) >= 11 is 0. The number of hydrogen-bond donors (Lipinski definition) is 3. The number of carbonyl (C=O) groups excluding carboxylic acids is 1. The van der Waals surface area contributed by atoms with Crippen molar-refractivity contribution in [3.8, 4) is 0 Å². The molecule has 0 aliphatic heterocycles. The Morgan fingerprint density at radius 2 is 2.22 bits per heavy atom. The summed E-state index contributed by atoms with van der Waals surface area (Å²) in [6.45, 7) is 4.55. The smallest absolute Gasteiger partial charge is 0.315 e. The van der Waals surface area contributed by atoms with Crippen molar-refractivity contribution < 1.29 is 9.90 Å². The topological polar surface area (TPSA) is 61.4 Å². The maximum atomic E-state index is 11.5. The van der Waals surface area contributed by atoms with Gasteiger partial charge in [-0.25, -0.2) is 4.79 Å². The second-order valence-corrected chi connectivity index (χ2v) is 4.43. The highest BCUT2D eigenvalue weighted by Gasteiger charge is 2.07. The summed E-state index contributed by atoms with van der Waals surface area (Å²) in [6, 6.07) is 7.85. The van der Waals surface area contributed by atoms with Crippen molar-refractivity contribution >= 4 is 6.03 Å². The van der Waals surface area contributed by atoms with E-state index in [0.717, 1.165) is 12.8 Å². The molecule has 4 nitrogen and oxygen atoms in total. The van der Waals surface area contributed by atoms with E-state index in [0.29, 0.717) is 6.54 Å². The molecule has 0 saturated carbocycles. The average molecular weight is 250 g/mol. The molecule has 1 atom stereocenters. The third-order valence-corrected chi connectivity index (χ3v) is 2.83. The van der Waals surface area contributed by atoms with Gasteiger partial charge in [0, 0.05) is 6.54 Å². The van der Waals surface area contributed by atoms with E-state index in [4.69, 9.17) is 5.11 Å². The van der Waals surface area contributed by atoms with Crippen LogP contribution in [-0.4, -0.2) is 30.3 Å². The molecule has 0 aliphatic rings. The molecule has 0 aromatic heterocycles. The maximum Gasteiger partial charge on any atom is 0.315 e. The van der Waals surface area contributed by atoms with Gasteiger partial charge in [-0.15, -0.1) is 0 Å². The van der Waals surface area contributed by atoms with Crippen molar-refractivity contribution in [2.75, 3.05) is 13.2 Å². The second-order valence-electron chi connectivity index (χ2n) is 4.43. The van der Waals surface area contributed by atoms with Crippen LogP contribution in [0.1, 0.15) is 24.5 Å². The van der Waals surface area contributed by atoms with Gasteiger partial charge in [-0.1, -0.05) is 36.8 Å². The van der Waals surface area contributed by atoms with Crippen LogP contribution in [0.25, 0.3) is 0 Å². The molecule has 0 bridgehead atoms. The van der Waals surface area contributed by atoms with Crippen LogP contribution >= 0.6 is 0 Å². The Bertz CT molecular complexity index is 376. The first-order chi connectivity index (χ1) is 8.65. The molecule has 0 spiro atoms. The van der Waals surface area contributed by atoms with Gasteiger partial charge < -0.3 is 15.7 Å². The number of benzene rings is 1. The number of aliphatic hydroxyl groups is 1. The van der Waals surface area contributed by atoms with Gasteiger partial charge in [0.15, 0.2) is 0 Å². The van der Waals surface area contributed by atoms with Crippen molar-refractivity contribution in [2.24, 2.45) is 0 Å². The molecule has 1 aromatic carbocycles. The third kappa shape index (κ3) is 5.19. The van der Waals surface area contributed by atoms with Crippen LogP contribution in [0.5, 0.6) is 0 Å². The van der Waals surface area contributed by atoms with Crippen LogP contribution in [0.4, 0.5) is 4.79 Å². The Morgan fingerprint density at radius 1 is 1.44 bits per heavy atom. The van der Waals surface area contributed by atoms with Gasteiger partial charge in [0.1, 0.15) is 0 Å². The van der Waals surface area contributed by atoms with Gasteiger partial charge in [0.25, 0.3) is 0 Å². The van der Waals surface area contributed by atoms with Crippen molar-refractivity contribution in [3.05, 3.63) is 35.4 Å². The fourth-order valence-corrected chi connectivity index (χ4v) is 1.70. The fraction of sp³-hybridized carbons (Fsp3) is 0.500. The quantitative estimate of drug-likeness (QED) is 0.718. The Hall–Kier alpha value is -1.55. The molecule has 100 valence electrons. The molecule has 18 heavy (non-hydrogen) atoms. The Morgan fingerprint density at radius 3 is 2.83 bits per heavy atom. The van der Waals surface area contributed by atoms with Crippen LogP contribution < -0.4 is 10.6 Å². The first kappa shape index (κ1) is 14.5. The summed E-state index contributed by atoms with van der Waals surface area (Å²) in [7, 11) is 0. The molecule has 0 fully saturated rings. The summed E-state index contributed by atoms with van der Waals surface area (Å²) < 4.78 is 0. The minimum absolute atomic E-state index is 0.0260. The number of urea groups is 1. The number of aryl methyl sites for hydroxylation is 1. The zero-order chi connectivity index (χ0) is 13.4. The average Bonchev–Trinajstić information content (AvgIpc) is 2.36. The van der Waals surface area contributed by atoms with E-state index in [1.807, 2.05) is 13.0 Å². The molecule has 3 N–H and O–H groups in total. The summed E-state index contributed by atoms with van der Waals surface area (Å²) in [4.78, 5) is 11.5. The fourth-order valence-electron chi connectivity index (χ4n) is 1.70. The van der Waals surface area contributed by atoms with E-state index in [9.17, 15) is 4.79 Å². The third-order valence-electron chi connectivity index (χ3n) is 2.83. The summed E-state index contributed by atoms with van der Waals surface area (Å²) in [5, 5.41) is 14.5. The molecule has 1 unspecified atom stereocenters. The highest BCUT2D eigenvalue weighted by Crippen LogP contribution is 2.03. The van der Waals surface area contributed by atoms with E-state index < -0.39 is 0 Å². The molecule has 0 radical (unpaired) electrons. The lowest BCUT2D eigenvalue weighted by molar-refractivity contribution is 0.214. The van der Waals surface area contributed by atoms with Gasteiger partial charge in [0.2, 0.25) is 0 Å². The van der Waals surface area contributed by atoms with Gasteiger partial charge in [-0.05, 0) is 25.3 Å². The molecule has 0 heterocycles. The summed E-state index contributed by atoms with van der Waals surface area (Å²) in [5.41, 5.74) is 2.44. The minimum atomic E-state index is -0.219. The number of carbonyl (C=O) groups is 1. The molecule has 2 amide bonds. The van der Waals surface area contributed by atoms with E-state index in [1.165, 1.54) is 11.1 Å². The highest BCUT2D eigenvalue weighted by atomic mass is 16.3. The van der Waals surface area contributed by atoms with Crippen LogP contribution in [0, 0.1) is 6.92 Å². The van der Waals surface area contributed by atoms with Crippen LogP contribution in [-0.2, 0) is 6.42 Å². The lowest BCUT2D eigenvalue weighted by Crippen LogP contribution is -2.44. The SMILES string of the molecule is CCC(CO)NC(=O)NCCc1cccc(C)c1. The van der Waals surface area contributed by atoms with E-state index >= 15 is 0 Å². The summed E-state index contributed by atoms with van der Waals surface area (Å²) in [5.74, 6) is 0. The lowest BCUT2D eigenvalue weighted by Gasteiger charge is -2.14. The van der Waals surface area contributed by atoms with Gasteiger partial charge >= 0.3 is 6.03 Å². The molecule has 0 saturated heterocycles. The maximum absolute atomic E-state index is 11.5. The molecular weight excluding hydrogens is 228 g/mol.